The van der Waals surface area contributed by atoms with Crippen molar-refractivity contribution in [2.45, 2.75) is 39.7 Å². The van der Waals surface area contributed by atoms with Crippen molar-refractivity contribution in [2.24, 2.45) is 4.99 Å². The number of guanidine groups is 1. The van der Waals surface area contributed by atoms with Crippen LogP contribution in [0.3, 0.4) is 0 Å². The SMILES string of the molecule is CCOCCCNC(=NC)NCCN1CCN(C(=O)OC(C)(C)C)CC1.I. The molecule has 0 aromatic heterocycles. The zero-order valence-corrected chi connectivity index (χ0v) is 19.9. The number of carbonyl (C=O) groups is 1. The average Bonchev–Trinajstić information content (AvgIpc) is 2.59. The summed E-state index contributed by atoms with van der Waals surface area (Å²) in [5.41, 5.74) is -0.441. The lowest BCUT2D eigenvalue weighted by molar-refractivity contribution is 0.0147. The summed E-state index contributed by atoms with van der Waals surface area (Å²) in [7, 11) is 1.78. The maximum atomic E-state index is 12.1. The number of carbonyl (C=O) groups excluding carboxylic acids is 1. The van der Waals surface area contributed by atoms with Crippen LogP contribution in [0.2, 0.25) is 0 Å². The highest BCUT2D eigenvalue weighted by atomic mass is 127. The van der Waals surface area contributed by atoms with Crippen molar-refractivity contribution in [3.63, 3.8) is 0 Å². The van der Waals surface area contributed by atoms with E-state index in [0.717, 1.165) is 58.3 Å². The second kappa shape index (κ2) is 14.2. The van der Waals surface area contributed by atoms with Crippen LogP contribution >= 0.6 is 24.0 Å². The molecule has 27 heavy (non-hydrogen) atoms. The Morgan fingerprint density at radius 3 is 2.30 bits per heavy atom. The second-order valence-corrected chi connectivity index (χ2v) is 7.29. The third kappa shape index (κ3) is 12.3. The number of amides is 1. The summed E-state index contributed by atoms with van der Waals surface area (Å²) >= 11 is 0. The molecule has 0 aromatic carbocycles. The number of aliphatic imine (C=N–C) groups is 1. The maximum absolute atomic E-state index is 12.1. The Labute approximate surface area is 181 Å². The molecule has 0 aliphatic carbocycles. The molecule has 0 radical (unpaired) electrons. The number of nitrogens with zero attached hydrogens (tertiary/aromatic N) is 3. The van der Waals surface area contributed by atoms with Gasteiger partial charge in [0, 0.05) is 66.1 Å². The number of hydrogen-bond acceptors (Lipinski definition) is 5. The highest BCUT2D eigenvalue weighted by Crippen LogP contribution is 2.11. The van der Waals surface area contributed by atoms with Gasteiger partial charge in [0.1, 0.15) is 5.60 Å². The molecule has 0 atom stereocenters. The van der Waals surface area contributed by atoms with Gasteiger partial charge in [-0.25, -0.2) is 4.79 Å². The summed E-state index contributed by atoms with van der Waals surface area (Å²) < 4.78 is 10.7. The zero-order chi connectivity index (χ0) is 19.4. The zero-order valence-electron chi connectivity index (χ0n) is 17.5. The lowest BCUT2D eigenvalue weighted by Gasteiger charge is -2.35. The summed E-state index contributed by atoms with van der Waals surface area (Å²) in [4.78, 5) is 20.4. The van der Waals surface area contributed by atoms with Gasteiger partial charge >= 0.3 is 6.09 Å². The second-order valence-electron chi connectivity index (χ2n) is 7.29. The highest BCUT2D eigenvalue weighted by molar-refractivity contribution is 14.0. The smallest absolute Gasteiger partial charge is 0.410 e. The van der Waals surface area contributed by atoms with Gasteiger partial charge in [0.2, 0.25) is 0 Å². The van der Waals surface area contributed by atoms with Gasteiger partial charge in [-0.3, -0.25) is 9.89 Å². The first-order valence-corrected chi connectivity index (χ1v) is 9.58. The van der Waals surface area contributed by atoms with E-state index < -0.39 is 5.60 Å². The van der Waals surface area contributed by atoms with Crippen molar-refractivity contribution >= 4 is 36.0 Å². The molecule has 8 nitrogen and oxygen atoms in total. The quantitative estimate of drug-likeness (QED) is 0.229. The largest absolute Gasteiger partial charge is 0.444 e. The van der Waals surface area contributed by atoms with E-state index in [1.165, 1.54) is 0 Å². The lowest BCUT2D eigenvalue weighted by atomic mass is 10.2. The van der Waals surface area contributed by atoms with Crippen LogP contribution in [0.5, 0.6) is 0 Å². The van der Waals surface area contributed by atoms with Crippen LogP contribution in [0.15, 0.2) is 4.99 Å². The van der Waals surface area contributed by atoms with Gasteiger partial charge in [-0.1, -0.05) is 0 Å². The summed E-state index contributed by atoms with van der Waals surface area (Å²) in [6, 6.07) is 0. The molecule has 0 bridgehead atoms. The predicted octanol–water partition coefficient (Wildman–Crippen LogP) is 1.75. The van der Waals surface area contributed by atoms with Crippen LogP contribution < -0.4 is 10.6 Å². The van der Waals surface area contributed by atoms with Gasteiger partial charge in [0.15, 0.2) is 5.96 Å². The summed E-state index contributed by atoms with van der Waals surface area (Å²) in [6.07, 6.45) is 0.744. The van der Waals surface area contributed by atoms with E-state index >= 15 is 0 Å². The van der Waals surface area contributed by atoms with E-state index in [0.29, 0.717) is 13.1 Å². The standard InChI is InChI=1S/C18H37N5O3.HI/c1-6-25-15-7-8-20-16(19-5)21-9-10-22-11-13-23(14-12-22)17(24)26-18(2,3)4;/h6-15H2,1-5H3,(H2,19,20,21);1H. The fourth-order valence-electron chi connectivity index (χ4n) is 2.56. The summed E-state index contributed by atoms with van der Waals surface area (Å²) in [5.74, 6) is 0.814. The number of nitrogens with one attached hydrogen (secondary N) is 2. The molecule has 160 valence electrons. The summed E-state index contributed by atoms with van der Waals surface area (Å²) in [6.45, 7) is 14.9. The maximum Gasteiger partial charge on any atom is 0.410 e. The van der Waals surface area contributed by atoms with Crippen LogP contribution in [-0.2, 0) is 9.47 Å². The molecule has 0 saturated carbocycles. The van der Waals surface area contributed by atoms with E-state index in [4.69, 9.17) is 9.47 Å². The predicted molar refractivity (Wildman–Crippen MR) is 120 cm³/mol. The minimum atomic E-state index is -0.441. The van der Waals surface area contributed by atoms with Crippen molar-refractivity contribution in [2.75, 3.05) is 66.1 Å². The highest BCUT2D eigenvalue weighted by Gasteiger charge is 2.25. The molecule has 0 unspecified atom stereocenters. The fourth-order valence-corrected chi connectivity index (χ4v) is 2.56. The first kappa shape index (κ1) is 26.2. The normalized spacial score (nSPS) is 15.9. The van der Waals surface area contributed by atoms with E-state index in [1.807, 2.05) is 27.7 Å². The minimum Gasteiger partial charge on any atom is -0.444 e. The monoisotopic (exact) mass is 499 g/mol. The van der Waals surface area contributed by atoms with Gasteiger partial charge < -0.3 is 25.0 Å². The Balaban J connectivity index is 0.00000676. The molecule has 1 rings (SSSR count). The minimum absolute atomic E-state index is 0. The number of hydrogen-bond donors (Lipinski definition) is 2. The van der Waals surface area contributed by atoms with Gasteiger partial charge in [0.05, 0.1) is 0 Å². The van der Waals surface area contributed by atoms with Gasteiger partial charge in [-0.15, -0.1) is 24.0 Å². The third-order valence-corrected chi connectivity index (χ3v) is 3.93. The van der Waals surface area contributed by atoms with E-state index in [1.54, 1.807) is 11.9 Å². The first-order valence-electron chi connectivity index (χ1n) is 9.58. The van der Waals surface area contributed by atoms with Gasteiger partial charge in [0.25, 0.3) is 0 Å². The summed E-state index contributed by atoms with van der Waals surface area (Å²) in [5, 5.41) is 6.60. The molecule has 0 spiro atoms. The van der Waals surface area contributed by atoms with Gasteiger partial charge in [-0.2, -0.15) is 0 Å². The topological polar surface area (TPSA) is 78.4 Å². The van der Waals surface area contributed by atoms with Crippen LogP contribution in [0.25, 0.3) is 0 Å². The molecule has 1 amide bonds. The van der Waals surface area contributed by atoms with E-state index in [9.17, 15) is 4.79 Å². The molecular formula is C18H38IN5O3. The van der Waals surface area contributed by atoms with Crippen molar-refractivity contribution in [1.29, 1.82) is 0 Å². The molecule has 1 heterocycles. The Kier molecular flexibility index (Phi) is 13.8. The first-order chi connectivity index (χ1) is 12.4. The number of halogens is 1. The van der Waals surface area contributed by atoms with Crippen molar-refractivity contribution < 1.29 is 14.3 Å². The van der Waals surface area contributed by atoms with Crippen molar-refractivity contribution in [1.82, 2.24) is 20.4 Å². The number of rotatable bonds is 8. The van der Waals surface area contributed by atoms with Crippen LogP contribution in [0.1, 0.15) is 34.1 Å². The molecule has 1 aliphatic heterocycles. The van der Waals surface area contributed by atoms with Crippen molar-refractivity contribution in [3.05, 3.63) is 0 Å². The van der Waals surface area contributed by atoms with E-state index in [-0.39, 0.29) is 30.1 Å². The molecule has 1 aliphatic rings. The van der Waals surface area contributed by atoms with Crippen molar-refractivity contribution in [3.8, 4) is 0 Å². The average molecular weight is 499 g/mol. The van der Waals surface area contributed by atoms with Gasteiger partial charge in [-0.05, 0) is 34.1 Å². The molecule has 1 saturated heterocycles. The molecular weight excluding hydrogens is 461 g/mol. The lowest BCUT2D eigenvalue weighted by Crippen LogP contribution is -2.51. The molecule has 0 aromatic rings. The Morgan fingerprint density at radius 2 is 1.74 bits per heavy atom. The Morgan fingerprint density at radius 1 is 1.11 bits per heavy atom. The van der Waals surface area contributed by atoms with Crippen LogP contribution in [0.4, 0.5) is 4.79 Å². The molecule has 1 fully saturated rings. The number of piperazine rings is 1. The third-order valence-electron chi connectivity index (χ3n) is 3.93. The fraction of sp³-hybridized carbons (Fsp3) is 0.889. The number of ether oxygens (including phenoxy) is 2. The van der Waals surface area contributed by atoms with E-state index in [2.05, 4.69) is 20.5 Å². The Bertz CT molecular complexity index is 435. The van der Waals surface area contributed by atoms with Crippen LogP contribution in [-0.4, -0.2) is 93.5 Å². The Hall–Kier alpha value is -0.810. The molecule has 9 heteroatoms. The van der Waals surface area contributed by atoms with Crippen LogP contribution in [0, 0.1) is 0 Å². The molecule has 2 N–H and O–H groups in total.